The number of carbonyl (C=O) groups excluding carboxylic acids is 1. The van der Waals surface area contributed by atoms with Gasteiger partial charge < -0.3 is 4.74 Å². The fourth-order valence-electron chi connectivity index (χ4n) is 1.36. The summed E-state index contributed by atoms with van der Waals surface area (Å²) in [7, 11) is -2.21. The van der Waals surface area contributed by atoms with Crippen molar-refractivity contribution in [2.45, 2.75) is 0 Å². The summed E-state index contributed by atoms with van der Waals surface area (Å²) in [5.74, 6) is -1.61. The first kappa shape index (κ1) is 15.3. The SMILES string of the molecule is COCCS(=O)(=O)CC(=O)c1cccc([N+](=O)[O-])c1. The second-order valence-electron chi connectivity index (χ2n) is 3.82. The van der Waals surface area contributed by atoms with E-state index in [1.54, 1.807) is 0 Å². The second kappa shape index (κ2) is 6.39. The second-order valence-corrected chi connectivity index (χ2v) is 6.00. The average molecular weight is 287 g/mol. The smallest absolute Gasteiger partial charge is 0.270 e. The molecule has 0 amide bonds. The van der Waals surface area contributed by atoms with Crippen LogP contribution in [-0.2, 0) is 14.6 Å². The molecule has 7 nitrogen and oxygen atoms in total. The summed E-state index contributed by atoms with van der Waals surface area (Å²) in [6.45, 7) is 0.00451. The minimum atomic E-state index is -3.57. The number of hydrogen-bond acceptors (Lipinski definition) is 6. The maximum absolute atomic E-state index is 11.8. The van der Waals surface area contributed by atoms with E-state index in [-0.39, 0.29) is 23.6 Å². The summed E-state index contributed by atoms with van der Waals surface area (Å²) in [6.07, 6.45) is 0. The van der Waals surface area contributed by atoms with Crippen LogP contribution in [0.15, 0.2) is 24.3 Å². The van der Waals surface area contributed by atoms with Crippen molar-refractivity contribution in [3.63, 3.8) is 0 Å². The maximum Gasteiger partial charge on any atom is 0.270 e. The molecule has 0 aliphatic carbocycles. The molecule has 0 fully saturated rings. The van der Waals surface area contributed by atoms with Crippen LogP contribution < -0.4 is 0 Å². The molecule has 0 unspecified atom stereocenters. The topological polar surface area (TPSA) is 104 Å². The monoisotopic (exact) mass is 287 g/mol. The van der Waals surface area contributed by atoms with Gasteiger partial charge in [0.2, 0.25) is 0 Å². The van der Waals surface area contributed by atoms with Gasteiger partial charge in [-0.05, 0) is 0 Å². The van der Waals surface area contributed by atoms with Crippen molar-refractivity contribution in [1.29, 1.82) is 0 Å². The van der Waals surface area contributed by atoms with Crippen molar-refractivity contribution in [1.82, 2.24) is 0 Å². The minimum Gasteiger partial charge on any atom is -0.384 e. The number of carbonyl (C=O) groups is 1. The van der Waals surface area contributed by atoms with Crippen LogP contribution in [0.4, 0.5) is 5.69 Å². The van der Waals surface area contributed by atoms with Crippen LogP contribution in [0.1, 0.15) is 10.4 Å². The van der Waals surface area contributed by atoms with Crippen LogP contribution >= 0.6 is 0 Å². The Labute approximate surface area is 110 Å². The van der Waals surface area contributed by atoms with Gasteiger partial charge in [0.1, 0.15) is 5.75 Å². The zero-order chi connectivity index (χ0) is 14.5. The van der Waals surface area contributed by atoms with E-state index in [0.29, 0.717) is 0 Å². The van der Waals surface area contributed by atoms with E-state index in [1.165, 1.54) is 25.3 Å². The number of Topliss-reactive ketones (excluding diaryl/α,β-unsaturated/α-hetero) is 1. The molecule has 0 aromatic heterocycles. The highest BCUT2D eigenvalue weighted by Crippen LogP contribution is 2.14. The summed E-state index contributed by atoms with van der Waals surface area (Å²) in [4.78, 5) is 21.7. The molecule has 104 valence electrons. The van der Waals surface area contributed by atoms with Gasteiger partial charge in [0.05, 0.1) is 17.3 Å². The Morgan fingerprint density at radius 3 is 2.68 bits per heavy atom. The van der Waals surface area contributed by atoms with Gasteiger partial charge in [0, 0.05) is 24.8 Å². The van der Waals surface area contributed by atoms with E-state index < -0.39 is 26.3 Å². The predicted octanol–water partition coefficient (Wildman–Crippen LogP) is 0.839. The minimum absolute atomic E-state index is 0.00451. The number of methoxy groups -OCH3 is 1. The number of nitro benzene ring substituents is 1. The number of benzene rings is 1. The predicted molar refractivity (Wildman–Crippen MR) is 68.0 cm³/mol. The van der Waals surface area contributed by atoms with Crippen molar-refractivity contribution in [2.75, 3.05) is 25.2 Å². The summed E-state index contributed by atoms with van der Waals surface area (Å²) < 4.78 is 27.8. The Morgan fingerprint density at radius 2 is 2.11 bits per heavy atom. The number of nitrogens with zero attached hydrogens (tertiary/aromatic N) is 1. The Kier molecular flexibility index (Phi) is 5.13. The fourth-order valence-corrected chi connectivity index (χ4v) is 2.49. The van der Waals surface area contributed by atoms with Gasteiger partial charge in [0.15, 0.2) is 15.6 Å². The molecule has 0 spiro atoms. The zero-order valence-electron chi connectivity index (χ0n) is 10.2. The normalized spacial score (nSPS) is 11.2. The molecule has 8 heteroatoms. The highest BCUT2D eigenvalue weighted by molar-refractivity contribution is 7.92. The molecule has 0 N–H and O–H groups in total. The zero-order valence-corrected chi connectivity index (χ0v) is 11.1. The summed E-state index contributed by atoms with van der Waals surface area (Å²) >= 11 is 0. The van der Waals surface area contributed by atoms with E-state index in [1.807, 2.05) is 0 Å². The number of ether oxygens (including phenoxy) is 1. The average Bonchev–Trinajstić information content (AvgIpc) is 2.36. The largest absolute Gasteiger partial charge is 0.384 e. The Hall–Kier alpha value is -1.80. The van der Waals surface area contributed by atoms with Crippen LogP contribution in [0.2, 0.25) is 0 Å². The van der Waals surface area contributed by atoms with Gasteiger partial charge in [0.25, 0.3) is 5.69 Å². The highest BCUT2D eigenvalue weighted by atomic mass is 32.2. The molecule has 0 atom stereocenters. The lowest BCUT2D eigenvalue weighted by molar-refractivity contribution is -0.384. The highest BCUT2D eigenvalue weighted by Gasteiger charge is 2.19. The molecule has 0 bridgehead atoms. The molecule has 0 aliphatic rings. The molecule has 1 rings (SSSR count). The molecule has 0 saturated carbocycles. The molecule has 19 heavy (non-hydrogen) atoms. The van der Waals surface area contributed by atoms with Crippen LogP contribution in [-0.4, -0.2) is 44.3 Å². The molecular weight excluding hydrogens is 274 g/mol. The lowest BCUT2D eigenvalue weighted by Crippen LogP contribution is -2.21. The van der Waals surface area contributed by atoms with E-state index in [2.05, 4.69) is 4.74 Å². The van der Waals surface area contributed by atoms with E-state index in [9.17, 15) is 23.3 Å². The van der Waals surface area contributed by atoms with Crippen LogP contribution in [0.3, 0.4) is 0 Å². The van der Waals surface area contributed by atoms with Crippen molar-refractivity contribution >= 4 is 21.3 Å². The Morgan fingerprint density at radius 1 is 1.42 bits per heavy atom. The van der Waals surface area contributed by atoms with Crippen LogP contribution in [0.25, 0.3) is 0 Å². The van der Waals surface area contributed by atoms with Gasteiger partial charge >= 0.3 is 0 Å². The molecule has 0 saturated heterocycles. The van der Waals surface area contributed by atoms with Gasteiger partial charge in [-0.1, -0.05) is 12.1 Å². The van der Waals surface area contributed by atoms with Crippen LogP contribution in [0, 0.1) is 10.1 Å². The lowest BCUT2D eigenvalue weighted by atomic mass is 10.1. The number of non-ortho nitro benzene ring substituents is 1. The lowest BCUT2D eigenvalue weighted by Gasteiger charge is -2.03. The number of hydrogen-bond donors (Lipinski definition) is 0. The van der Waals surface area contributed by atoms with Crippen molar-refractivity contribution in [2.24, 2.45) is 0 Å². The van der Waals surface area contributed by atoms with Gasteiger partial charge in [-0.15, -0.1) is 0 Å². The quantitative estimate of drug-likeness (QED) is 0.418. The van der Waals surface area contributed by atoms with Crippen molar-refractivity contribution < 1.29 is 22.9 Å². The van der Waals surface area contributed by atoms with Gasteiger partial charge in [-0.25, -0.2) is 8.42 Å². The number of ketones is 1. The van der Waals surface area contributed by atoms with Crippen molar-refractivity contribution in [3.8, 4) is 0 Å². The first-order chi connectivity index (χ1) is 8.85. The number of nitro groups is 1. The summed E-state index contributed by atoms with van der Waals surface area (Å²) in [5, 5.41) is 10.6. The molecule has 1 aromatic rings. The molecular formula is C11H13NO6S. The standard InChI is InChI=1S/C11H13NO6S/c1-18-5-6-19(16,17)8-11(13)9-3-2-4-10(7-9)12(14)15/h2-4,7H,5-6,8H2,1H3. The Bertz CT molecular complexity index is 581. The van der Waals surface area contributed by atoms with E-state index in [4.69, 9.17) is 0 Å². The molecule has 0 radical (unpaired) electrons. The molecule has 0 aliphatic heterocycles. The Balaban J connectivity index is 2.84. The molecule has 1 aromatic carbocycles. The third kappa shape index (κ3) is 4.76. The van der Waals surface area contributed by atoms with Crippen LogP contribution in [0.5, 0.6) is 0 Å². The fraction of sp³-hybridized carbons (Fsp3) is 0.364. The third-order valence-corrected chi connectivity index (χ3v) is 3.82. The van der Waals surface area contributed by atoms with Crippen molar-refractivity contribution in [3.05, 3.63) is 39.9 Å². The summed E-state index contributed by atoms with van der Waals surface area (Å²) in [6, 6.07) is 4.98. The first-order valence-electron chi connectivity index (χ1n) is 5.33. The number of rotatable bonds is 7. The van der Waals surface area contributed by atoms with Gasteiger partial charge in [-0.3, -0.25) is 14.9 Å². The van der Waals surface area contributed by atoms with Gasteiger partial charge in [-0.2, -0.15) is 0 Å². The molecule has 0 heterocycles. The van der Waals surface area contributed by atoms with E-state index >= 15 is 0 Å². The maximum atomic E-state index is 11.8. The first-order valence-corrected chi connectivity index (χ1v) is 7.15. The third-order valence-electron chi connectivity index (χ3n) is 2.33. The van der Waals surface area contributed by atoms with E-state index in [0.717, 1.165) is 6.07 Å². The summed E-state index contributed by atoms with van der Waals surface area (Å²) in [5.41, 5.74) is -0.240. The number of sulfone groups is 1.